The molecule has 9 heteroatoms. The molecule has 8 nitrogen and oxygen atoms in total. The smallest absolute Gasteiger partial charge is 0.318 e. The Labute approximate surface area is 232 Å². The minimum absolute atomic E-state index is 0.278. The predicted octanol–water partition coefficient (Wildman–Crippen LogP) is 4.07. The molecule has 2 N–H and O–H groups in total. The van der Waals surface area contributed by atoms with Crippen LogP contribution in [0.25, 0.3) is 10.8 Å². The highest BCUT2D eigenvalue weighted by Gasteiger charge is 2.35. The summed E-state index contributed by atoms with van der Waals surface area (Å²) >= 11 is 3.75. The van der Waals surface area contributed by atoms with Gasteiger partial charge in [-0.2, -0.15) is 9.97 Å². The number of piperazine rings is 1. The van der Waals surface area contributed by atoms with E-state index >= 15 is 0 Å². The largest absolute Gasteiger partial charge is 0.508 e. The quantitative estimate of drug-likeness (QED) is 0.469. The maximum Gasteiger partial charge on any atom is 0.318 e. The zero-order valence-electron chi connectivity index (χ0n) is 21.9. The lowest BCUT2D eigenvalue weighted by Crippen LogP contribution is -2.52. The molecule has 3 saturated heterocycles. The van der Waals surface area contributed by atoms with Crippen molar-refractivity contribution in [3.63, 3.8) is 0 Å². The fourth-order valence-corrected chi connectivity index (χ4v) is 7.43. The number of likely N-dealkylation sites (tertiary alicyclic amines) is 1. The van der Waals surface area contributed by atoms with Gasteiger partial charge in [-0.15, -0.1) is 0 Å². The molecule has 4 aliphatic heterocycles. The van der Waals surface area contributed by atoms with Crippen LogP contribution in [-0.4, -0.2) is 77.9 Å². The Hall–Kier alpha value is -2.62. The number of rotatable bonds is 5. The Morgan fingerprint density at radius 3 is 2.71 bits per heavy atom. The second-order valence-corrected chi connectivity index (χ2v) is 12.2. The lowest BCUT2D eigenvalue weighted by atomic mass is 10.0. The van der Waals surface area contributed by atoms with Gasteiger partial charge in [0.1, 0.15) is 18.2 Å². The summed E-state index contributed by atoms with van der Waals surface area (Å²) in [6.07, 6.45) is 5.70. The van der Waals surface area contributed by atoms with Crippen LogP contribution >= 0.6 is 15.9 Å². The van der Waals surface area contributed by atoms with Crippen LogP contribution in [0.2, 0.25) is 0 Å². The Morgan fingerprint density at radius 1 is 1.08 bits per heavy atom. The second-order valence-electron chi connectivity index (χ2n) is 11.4. The van der Waals surface area contributed by atoms with Gasteiger partial charge in [0.05, 0.1) is 12.2 Å². The number of phenolic OH excluding ortho intramolecular Hbond substituents is 1. The fourth-order valence-electron chi connectivity index (χ4n) is 6.84. The molecule has 0 saturated carbocycles. The van der Waals surface area contributed by atoms with Gasteiger partial charge >= 0.3 is 6.01 Å². The lowest BCUT2D eigenvalue weighted by Gasteiger charge is -2.37. The number of nitrogens with zero attached hydrogens (tertiary/aromatic N) is 5. The van der Waals surface area contributed by atoms with Crippen molar-refractivity contribution in [2.24, 2.45) is 0 Å². The number of anilines is 2. The van der Waals surface area contributed by atoms with E-state index in [1.807, 2.05) is 24.3 Å². The van der Waals surface area contributed by atoms with Gasteiger partial charge in [-0.05, 0) is 63.2 Å². The molecule has 200 valence electrons. The minimum Gasteiger partial charge on any atom is -0.508 e. The summed E-state index contributed by atoms with van der Waals surface area (Å²) in [6, 6.07) is 11.8. The highest BCUT2D eigenvalue weighted by atomic mass is 79.9. The van der Waals surface area contributed by atoms with Crippen LogP contribution in [0.3, 0.4) is 0 Å². The number of hydrogen-bond donors (Lipinski definition) is 2. The van der Waals surface area contributed by atoms with E-state index in [9.17, 15) is 5.11 Å². The van der Waals surface area contributed by atoms with E-state index in [1.54, 1.807) is 0 Å². The summed E-state index contributed by atoms with van der Waals surface area (Å²) in [7, 11) is 2.17. The molecule has 1 aromatic heterocycles. The maximum absolute atomic E-state index is 10.5. The number of aromatic nitrogens is 2. The molecule has 5 heterocycles. The van der Waals surface area contributed by atoms with E-state index in [0.717, 1.165) is 71.5 Å². The van der Waals surface area contributed by atoms with Crippen molar-refractivity contribution < 1.29 is 9.84 Å². The van der Waals surface area contributed by atoms with Crippen LogP contribution in [-0.2, 0) is 13.0 Å². The van der Waals surface area contributed by atoms with Crippen molar-refractivity contribution in [2.75, 3.05) is 49.6 Å². The summed E-state index contributed by atoms with van der Waals surface area (Å²) in [4.78, 5) is 17.2. The summed E-state index contributed by atoms with van der Waals surface area (Å²) in [5, 5.41) is 16.4. The first kappa shape index (κ1) is 24.4. The SMILES string of the molecule is CN1CCC[C@@H]1COc1nc2c(c(N3C[C@H]4CC[C@H](C3)N4)n1)CCN(c1cc(O)cc3cccc(Br)c13)C2. The Bertz CT molecular complexity index is 1360. The topological polar surface area (TPSA) is 77.0 Å². The first-order valence-electron chi connectivity index (χ1n) is 13.9. The van der Waals surface area contributed by atoms with Gasteiger partial charge in [0.15, 0.2) is 0 Å². The Kier molecular flexibility index (Phi) is 6.33. The number of halogens is 1. The maximum atomic E-state index is 10.5. The predicted molar refractivity (Wildman–Crippen MR) is 153 cm³/mol. The summed E-state index contributed by atoms with van der Waals surface area (Å²) in [5.74, 6) is 1.34. The Balaban J connectivity index is 1.24. The van der Waals surface area contributed by atoms with E-state index in [0.29, 0.717) is 37.3 Å². The van der Waals surface area contributed by atoms with Crippen molar-refractivity contribution in [3.05, 3.63) is 46.1 Å². The molecule has 0 aliphatic carbocycles. The number of nitrogens with one attached hydrogen (secondary N) is 1. The van der Waals surface area contributed by atoms with Crippen molar-refractivity contribution >= 4 is 38.2 Å². The molecule has 2 bridgehead atoms. The molecule has 3 atom stereocenters. The summed E-state index contributed by atoms with van der Waals surface area (Å²) < 4.78 is 7.33. The molecule has 0 spiro atoms. The number of ether oxygens (including phenoxy) is 1. The van der Waals surface area contributed by atoms with E-state index in [-0.39, 0.29) is 5.75 Å². The van der Waals surface area contributed by atoms with Crippen molar-refractivity contribution in [3.8, 4) is 11.8 Å². The molecule has 3 fully saturated rings. The lowest BCUT2D eigenvalue weighted by molar-refractivity contribution is 0.187. The van der Waals surface area contributed by atoms with E-state index in [2.05, 4.69) is 49.1 Å². The highest BCUT2D eigenvalue weighted by Crippen LogP contribution is 2.40. The third-order valence-corrected chi connectivity index (χ3v) is 9.51. The van der Waals surface area contributed by atoms with Crippen LogP contribution in [0.5, 0.6) is 11.8 Å². The number of likely N-dealkylation sites (N-methyl/N-ethyl adjacent to an activating group) is 1. The molecule has 4 aliphatic rings. The minimum atomic E-state index is 0.278. The van der Waals surface area contributed by atoms with Gasteiger partial charge in [-0.1, -0.05) is 28.1 Å². The average Bonchev–Trinajstić information content (AvgIpc) is 3.49. The van der Waals surface area contributed by atoms with Gasteiger partial charge in [-0.25, -0.2) is 0 Å². The first-order chi connectivity index (χ1) is 18.5. The van der Waals surface area contributed by atoms with Crippen LogP contribution in [0.15, 0.2) is 34.8 Å². The number of aromatic hydroxyl groups is 1. The molecule has 3 aromatic rings. The number of phenols is 1. The fraction of sp³-hybridized carbons (Fsp3) is 0.517. The first-order valence-corrected chi connectivity index (χ1v) is 14.7. The molecule has 0 amide bonds. The molecule has 0 unspecified atom stereocenters. The van der Waals surface area contributed by atoms with Crippen LogP contribution in [0.4, 0.5) is 11.5 Å². The Morgan fingerprint density at radius 2 is 1.92 bits per heavy atom. The molecule has 7 rings (SSSR count). The monoisotopic (exact) mass is 578 g/mol. The van der Waals surface area contributed by atoms with Crippen LogP contribution in [0, 0.1) is 0 Å². The molecule has 0 radical (unpaired) electrons. The standard InChI is InChI=1S/C29H35BrN6O2/c1-34-10-3-5-21(34)17-38-29-32-25-16-35(26-13-22(37)12-18-4-2-6-24(30)27(18)26)11-9-23(25)28(33-29)36-14-19-7-8-20(15-36)31-19/h2,4,6,12-13,19-21,31,37H,3,5,7-11,14-17H2,1H3/t19-,20-,21-/m1/s1. The van der Waals surface area contributed by atoms with Crippen molar-refractivity contribution in [1.82, 2.24) is 20.2 Å². The van der Waals surface area contributed by atoms with Gasteiger partial charge in [0, 0.05) is 64.9 Å². The third kappa shape index (κ3) is 4.48. The normalized spacial score (nSPS) is 25.3. The second kappa shape index (κ2) is 9.84. The highest BCUT2D eigenvalue weighted by molar-refractivity contribution is 9.10. The van der Waals surface area contributed by atoms with E-state index in [1.165, 1.54) is 24.8 Å². The van der Waals surface area contributed by atoms with E-state index < -0.39 is 0 Å². The zero-order valence-corrected chi connectivity index (χ0v) is 23.5. The molecule has 2 aromatic carbocycles. The van der Waals surface area contributed by atoms with Crippen LogP contribution < -0.4 is 19.9 Å². The van der Waals surface area contributed by atoms with Gasteiger partial charge in [0.25, 0.3) is 0 Å². The summed E-state index contributed by atoms with van der Waals surface area (Å²) in [6.45, 7) is 5.21. The van der Waals surface area contributed by atoms with Crippen molar-refractivity contribution in [2.45, 2.75) is 56.8 Å². The molecular formula is C29H35BrN6O2. The molecular weight excluding hydrogens is 544 g/mol. The van der Waals surface area contributed by atoms with Crippen LogP contribution in [0.1, 0.15) is 36.9 Å². The number of benzene rings is 2. The van der Waals surface area contributed by atoms with Gasteiger partial charge in [-0.3, -0.25) is 0 Å². The average molecular weight is 580 g/mol. The van der Waals surface area contributed by atoms with Crippen molar-refractivity contribution in [1.29, 1.82) is 0 Å². The van der Waals surface area contributed by atoms with Gasteiger partial charge < -0.3 is 29.9 Å². The third-order valence-electron chi connectivity index (χ3n) is 8.85. The zero-order chi connectivity index (χ0) is 25.8. The number of fused-ring (bicyclic) bond motifs is 4. The summed E-state index contributed by atoms with van der Waals surface area (Å²) in [5.41, 5.74) is 3.30. The molecule has 38 heavy (non-hydrogen) atoms. The van der Waals surface area contributed by atoms with Gasteiger partial charge in [0.2, 0.25) is 0 Å². The number of hydrogen-bond acceptors (Lipinski definition) is 8. The van der Waals surface area contributed by atoms with E-state index in [4.69, 9.17) is 14.7 Å².